The first-order chi connectivity index (χ1) is 9.99. The Kier molecular flexibility index (Phi) is 3.26. The summed E-state index contributed by atoms with van der Waals surface area (Å²) in [7, 11) is 0. The van der Waals surface area contributed by atoms with Gasteiger partial charge in [-0.2, -0.15) is 0 Å². The monoisotopic (exact) mass is 302 g/mol. The number of para-hydroxylation sites is 1. The number of phenols is 2. The van der Waals surface area contributed by atoms with Gasteiger partial charge in [0.2, 0.25) is 0 Å². The molecule has 108 valence electrons. The molecule has 3 rings (SSSR count). The van der Waals surface area contributed by atoms with E-state index in [2.05, 4.69) is 4.98 Å². The van der Waals surface area contributed by atoms with Crippen molar-refractivity contribution in [2.45, 2.75) is 19.9 Å². The number of imidazole rings is 1. The van der Waals surface area contributed by atoms with E-state index in [0.29, 0.717) is 16.4 Å². The number of halogens is 1. The smallest absolute Gasteiger partial charge is 0.145 e. The molecule has 21 heavy (non-hydrogen) atoms. The number of fused-ring (bicyclic) bond motifs is 1. The molecule has 0 bridgehead atoms. The maximum atomic E-state index is 10.1. The molecule has 5 heteroatoms. The van der Waals surface area contributed by atoms with Crippen LogP contribution in [0.5, 0.6) is 11.5 Å². The molecule has 0 unspecified atom stereocenters. The Morgan fingerprint density at radius 1 is 1.14 bits per heavy atom. The van der Waals surface area contributed by atoms with Crippen molar-refractivity contribution in [3.05, 3.63) is 41.4 Å². The molecule has 1 heterocycles. The highest BCUT2D eigenvalue weighted by molar-refractivity contribution is 6.35. The highest BCUT2D eigenvalue weighted by Gasteiger charge is 2.19. The van der Waals surface area contributed by atoms with Gasteiger partial charge in [0.25, 0.3) is 0 Å². The molecule has 0 spiro atoms. The van der Waals surface area contributed by atoms with Crippen molar-refractivity contribution >= 4 is 22.6 Å². The van der Waals surface area contributed by atoms with Crippen molar-refractivity contribution in [3.8, 4) is 22.9 Å². The van der Waals surface area contributed by atoms with Crippen LogP contribution in [-0.4, -0.2) is 19.8 Å². The summed E-state index contributed by atoms with van der Waals surface area (Å²) in [5, 5.41) is 20.4. The van der Waals surface area contributed by atoms with Crippen molar-refractivity contribution in [2.75, 3.05) is 0 Å². The lowest BCUT2D eigenvalue weighted by molar-refractivity contribution is 0.461. The molecule has 0 aliphatic heterocycles. The van der Waals surface area contributed by atoms with Gasteiger partial charge in [-0.3, -0.25) is 0 Å². The minimum atomic E-state index is 0.0705. The Bertz CT molecular complexity index is 825. The number of phenolic OH excluding ortho intramolecular Hbond substituents is 2. The lowest BCUT2D eigenvalue weighted by atomic mass is 10.1. The maximum absolute atomic E-state index is 10.1. The summed E-state index contributed by atoms with van der Waals surface area (Å²) in [5.41, 5.74) is 2.07. The van der Waals surface area contributed by atoms with Crippen LogP contribution in [0.25, 0.3) is 22.4 Å². The molecule has 4 nitrogen and oxygen atoms in total. The summed E-state index contributed by atoms with van der Waals surface area (Å²) >= 11 is 6.31. The van der Waals surface area contributed by atoms with Crippen LogP contribution in [0.3, 0.4) is 0 Å². The van der Waals surface area contributed by atoms with Gasteiger partial charge in [-0.1, -0.05) is 17.7 Å². The van der Waals surface area contributed by atoms with E-state index in [1.165, 1.54) is 18.2 Å². The van der Waals surface area contributed by atoms with Crippen molar-refractivity contribution in [3.63, 3.8) is 0 Å². The topological polar surface area (TPSA) is 58.3 Å². The van der Waals surface area contributed by atoms with E-state index < -0.39 is 0 Å². The van der Waals surface area contributed by atoms with Crippen molar-refractivity contribution in [1.29, 1.82) is 0 Å². The summed E-state index contributed by atoms with van der Waals surface area (Å²) in [6, 6.07) is 10.0. The predicted octanol–water partition coefficient (Wildman–Crippen LogP) is 4.35. The molecule has 0 saturated carbocycles. The number of rotatable bonds is 2. The number of hydrogen-bond donors (Lipinski definition) is 2. The molecule has 0 saturated heterocycles. The molecule has 0 amide bonds. The second kappa shape index (κ2) is 4.97. The van der Waals surface area contributed by atoms with Gasteiger partial charge in [-0.15, -0.1) is 0 Å². The molecule has 2 aromatic carbocycles. The second-order valence-corrected chi connectivity index (χ2v) is 5.62. The molecule has 0 aliphatic carbocycles. The van der Waals surface area contributed by atoms with Gasteiger partial charge in [0.1, 0.15) is 17.3 Å². The van der Waals surface area contributed by atoms with E-state index in [-0.39, 0.29) is 17.5 Å². The lowest BCUT2D eigenvalue weighted by Gasteiger charge is -2.14. The first-order valence-electron chi connectivity index (χ1n) is 6.68. The third-order valence-electron chi connectivity index (χ3n) is 3.40. The van der Waals surface area contributed by atoms with E-state index in [1.54, 1.807) is 0 Å². The third kappa shape index (κ3) is 2.21. The number of aromatic hydroxyl groups is 2. The van der Waals surface area contributed by atoms with Crippen LogP contribution < -0.4 is 0 Å². The van der Waals surface area contributed by atoms with E-state index >= 15 is 0 Å². The van der Waals surface area contributed by atoms with Crippen molar-refractivity contribution < 1.29 is 10.2 Å². The molecule has 0 fully saturated rings. The van der Waals surface area contributed by atoms with Gasteiger partial charge in [0.05, 0.1) is 21.6 Å². The van der Waals surface area contributed by atoms with E-state index in [0.717, 1.165) is 11.0 Å². The van der Waals surface area contributed by atoms with Gasteiger partial charge in [0.15, 0.2) is 0 Å². The van der Waals surface area contributed by atoms with Gasteiger partial charge in [0, 0.05) is 6.04 Å². The molecular formula is C16H15ClN2O2. The van der Waals surface area contributed by atoms with Crippen LogP contribution in [0.2, 0.25) is 5.02 Å². The molecular weight excluding hydrogens is 288 g/mol. The molecule has 0 aliphatic rings. The number of benzene rings is 2. The molecule has 0 radical (unpaired) electrons. The Labute approximate surface area is 127 Å². The van der Waals surface area contributed by atoms with Crippen LogP contribution in [0.15, 0.2) is 36.4 Å². The zero-order valence-electron chi connectivity index (χ0n) is 11.7. The quantitative estimate of drug-likeness (QED) is 0.692. The fourth-order valence-corrected chi connectivity index (χ4v) is 2.76. The van der Waals surface area contributed by atoms with Gasteiger partial charge < -0.3 is 14.8 Å². The Hall–Kier alpha value is -2.20. The summed E-state index contributed by atoms with van der Waals surface area (Å²) in [4.78, 5) is 4.57. The van der Waals surface area contributed by atoms with E-state index in [4.69, 9.17) is 11.6 Å². The van der Waals surface area contributed by atoms with Crippen LogP contribution in [0.4, 0.5) is 0 Å². The van der Waals surface area contributed by atoms with Crippen LogP contribution >= 0.6 is 11.6 Å². The minimum Gasteiger partial charge on any atom is -0.508 e. The fraction of sp³-hybridized carbons (Fsp3) is 0.188. The van der Waals surface area contributed by atoms with Crippen LogP contribution in [-0.2, 0) is 0 Å². The first-order valence-corrected chi connectivity index (χ1v) is 7.05. The number of hydrogen-bond acceptors (Lipinski definition) is 3. The summed E-state index contributed by atoms with van der Waals surface area (Å²) in [6.45, 7) is 4.04. The SMILES string of the molecule is CC(C)n1c(-c2cc(O)ccc2O)nc2cccc(Cl)c21. The van der Waals surface area contributed by atoms with Gasteiger partial charge in [-0.25, -0.2) is 4.98 Å². The molecule has 0 atom stereocenters. The van der Waals surface area contributed by atoms with Crippen molar-refractivity contribution in [2.24, 2.45) is 0 Å². The van der Waals surface area contributed by atoms with Gasteiger partial charge >= 0.3 is 0 Å². The molecule has 3 aromatic rings. The number of aromatic nitrogens is 2. The van der Waals surface area contributed by atoms with E-state index in [1.807, 2.05) is 36.6 Å². The average molecular weight is 303 g/mol. The largest absolute Gasteiger partial charge is 0.508 e. The zero-order chi connectivity index (χ0) is 15.1. The Balaban J connectivity index is 2.40. The molecule has 1 aromatic heterocycles. The van der Waals surface area contributed by atoms with Crippen LogP contribution in [0, 0.1) is 0 Å². The number of nitrogens with zero attached hydrogens (tertiary/aromatic N) is 2. The first kappa shape index (κ1) is 13.8. The Morgan fingerprint density at radius 3 is 2.62 bits per heavy atom. The molecule has 2 N–H and O–H groups in total. The Morgan fingerprint density at radius 2 is 1.90 bits per heavy atom. The van der Waals surface area contributed by atoms with Crippen molar-refractivity contribution in [1.82, 2.24) is 9.55 Å². The van der Waals surface area contributed by atoms with E-state index in [9.17, 15) is 10.2 Å². The standard InChI is InChI=1S/C16H15ClN2O2/c1-9(2)19-15-12(17)4-3-5-13(15)18-16(19)11-8-10(20)6-7-14(11)21/h3-9,20-21H,1-2H3. The summed E-state index contributed by atoms with van der Waals surface area (Å²) in [6.07, 6.45) is 0. The summed E-state index contributed by atoms with van der Waals surface area (Å²) < 4.78 is 1.96. The van der Waals surface area contributed by atoms with Gasteiger partial charge in [-0.05, 0) is 44.2 Å². The third-order valence-corrected chi connectivity index (χ3v) is 3.70. The average Bonchev–Trinajstić information content (AvgIpc) is 2.82. The normalized spacial score (nSPS) is 11.4. The minimum absolute atomic E-state index is 0.0705. The fourth-order valence-electron chi connectivity index (χ4n) is 2.50. The maximum Gasteiger partial charge on any atom is 0.145 e. The zero-order valence-corrected chi connectivity index (χ0v) is 12.5. The van der Waals surface area contributed by atoms with Crippen LogP contribution in [0.1, 0.15) is 19.9 Å². The highest BCUT2D eigenvalue weighted by Crippen LogP contribution is 2.37. The summed E-state index contributed by atoms with van der Waals surface area (Å²) in [5.74, 6) is 0.735. The predicted molar refractivity (Wildman–Crippen MR) is 83.9 cm³/mol. The lowest BCUT2D eigenvalue weighted by Crippen LogP contribution is -2.03. The second-order valence-electron chi connectivity index (χ2n) is 5.21. The highest BCUT2D eigenvalue weighted by atomic mass is 35.5.